The van der Waals surface area contributed by atoms with E-state index >= 15 is 0 Å². The lowest BCUT2D eigenvalue weighted by molar-refractivity contribution is 0.0384. The standard InChI is InChI=1S/C30H29FN6O3/c1-19-28(40-20(2)33-19)29(38)34-24-7-8-26(31)25(15-24)27-18-37-17-23(16-32-30(37)35-27)22-5-3-21(4-6-22)9-10-36-11-13-39-14-12-36/h3-8,15-18H,9-14H2,1-2H3,(H,34,38). The van der Waals surface area contributed by atoms with Gasteiger partial charge >= 0.3 is 0 Å². The highest BCUT2D eigenvalue weighted by molar-refractivity contribution is 6.03. The van der Waals surface area contributed by atoms with Gasteiger partial charge in [-0.25, -0.2) is 19.3 Å². The predicted octanol–water partition coefficient (Wildman–Crippen LogP) is 4.93. The number of oxazole rings is 1. The van der Waals surface area contributed by atoms with E-state index in [4.69, 9.17) is 9.15 Å². The highest BCUT2D eigenvalue weighted by atomic mass is 19.1. The zero-order valence-electron chi connectivity index (χ0n) is 22.4. The number of ether oxygens (including phenoxy) is 1. The number of carbonyl (C=O) groups excluding carboxylic acids is 1. The Morgan fingerprint density at radius 1 is 1.02 bits per heavy atom. The number of hydrogen-bond acceptors (Lipinski definition) is 7. The summed E-state index contributed by atoms with van der Waals surface area (Å²) >= 11 is 0. The molecule has 5 aromatic rings. The van der Waals surface area contributed by atoms with Gasteiger partial charge in [-0.3, -0.25) is 14.1 Å². The van der Waals surface area contributed by atoms with Crippen molar-refractivity contribution in [1.29, 1.82) is 0 Å². The van der Waals surface area contributed by atoms with Gasteiger partial charge in [0.15, 0.2) is 5.89 Å². The first kappa shape index (κ1) is 25.8. The maximum absolute atomic E-state index is 14.9. The largest absolute Gasteiger partial charge is 0.436 e. The number of fused-ring (bicyclic) bond motifs is 1. The molecular formula is C30H29FN6O3. The van der Waals surface area contributed by atoms with Crippen molar-refractivity contribution in [2.45, 2.75) is 20.3 Å². The molecule has 0 saturated carbocycles. The zero-order chi connectivity index (χ0) is 27.6. The minimum atomic E-state index is -0.457. The highest BCUT2D eigenvalue weighted by Crippen LogP contribution is 2.27. The molecule has 1 aliphatic heterocycles. The Morgan fingerprint density at radius 3 is 2.58 bits per heavy atom. The van der Waals surface area contributed by atoms with Gasteiger partial charge in [-0.1, -0.05) is 24.3 Å². The number of amides is 1. The van der Waals surface area contributed by atoms with Crippen LogP contribution in [0, 0.1) is 19.7 Å². The van der Waals surface area contributed by atoms with Crippen LogP contribution in [0.5, 0.6) is 0 Å². The summed E-state index contributed by atoms with van der Waals surface area (Å²) in [4.78, 5) is 28.2. The van der Waals surface area contributed by atoms with Gasteiger partial charge in [0, 0.05) is 62.0 Å². The molecule has 0 bridgehead atoms. The summed E-state index contributed by atoms with van der Waals surface area (Å²) in [5.74, 6) is 0.0595. The first-order chi connectivity index (χ1) is 19.4. The smallest absolute Gasteiger partial charge is 0.293 e. The highest BCUT2D eigenvalue weighted by Gasteiger charge is 2.18. The molecule has 4 heterocycles. The Kier molecular flexibility index (Phi) is 7.10. The number of carbonyl (C=O) groups is 1. The summed E-state index contributed by atoms with van der Waals surface area (Å²) in [7, 11) is 0. The summed E-state index contributed by atoms with van der Waals surface area (Å²) < 4.78 is 27.5. The average molecular weight is 541 g/mol. The quantitative estimate of drug-likeness (QED) is 0.312. The number of hydrogen-bond donors (Lipinski definition) is 1. The molecule has 0 unspecified atom stereocenters. The fraction of sp³-hybridized carbons (Fsp3) is 0.267. The molecular weight excluding hydrogens is 511 g/mol. The van der Waals surface area contributed by atoms with Gasteiger partial charge in [0.25, 0.3) is 5.91 Å². The van der Waals surface area contributed by atoms with Gasteiger partial charge in [-0.05, 0) is 42.7 Å². The van der Waals surface area contributed by atoms with Gasteiger partial charge in [0.1, 0.15) is 5.82 Å². The number of nitrogens with zero attached hydrogens (tertiary/aromatic N) is 5. The fourth-order valence-electron chi connectivity index (χ4n) is 4.87. The first-order valence-electron chi connectivity index (χ1n) is 13.2. The fourth-order valence-corrected chi connectivity index (χ4v) is 4.87. The average Bonchev–Trinajstić information content (AvgIpc) is 3.55. The van der Waals surface area contributed by atoms with Gasteiger partial charge in [0.05, 0.1) is 24.6 Å². The lowest BCUT2D eigenvalue weighted by atomic mass is 10.0. The van der Waals surface area contributed by atoms with Crippen molar-refractivity contribution in [3.8, 4) is 22.4 Å². The number of imidazole rings is 1. The Bertz CT molecular complexity index is 1670. The van der Waals surface area contributed by atoms with Crippen LogP contribution in [0.1, 0.15) is 27.7 Å². The van der Waals surface area contributed by atoms with Gasteiger partial charge < -0.3 is 14.5 Å². The van der Waals surface area contributed by atoms with Crippen LogP contribution in [-0.4, -0.2) is 63.0 Å². The number of halogens is 1. The van der Waals surface area contributed by atoms with Gasteiger partial charge in [0.2, 0.25) is 11.5 Å². The molecule has 0 spiro atoms. The third-order valence-corrected chi connectivity index (χ3v) is 7.03. The van der Waals surface area contributed by atoms with Crippen molar-refractivity contribution >= 4 is 17.4 Å². The molecule has 0 aliphatic carbocycles. The molecule has 6 rings (SSSR count). The van der Waals surface area contributed by atoms with E-state index in [-0.39, 0.29) is 11.3 Å². The van der Waals surface area contributed by atoms with Crippen molar-refractivity contribution in [2.24, 2.45) is 0 Å². The van der Waals surface area contributed by atoms with E-state index < -0.39 is 11.7 Å². The van der Waals surface area contributed by atoms with E-state index in [1.165, 1.54) is 17.7 Å². The van der Waals surface area contributed by atoms with Crippen LogP contribution in [0.3, 0.4) is 0 Å². The predicted molar refractivity (Wildman–Crippen MR) is 149 cm³/mol. The van der Waals surface area contributed by atoms with Crippen LogP contribution in [0.4, 0.5) is 10.1 Å². The molecule has 9 nitrogen and oxygen atoms in total. The normalized spacial score (nSPS) is 14.1. The molecule has 1 saturated heterocycles. The molecule has 3 aromatic heterocycles. The summed E-state index contributed by atoms with van der Waals surface area (Å²) in [5.41, 5.74) is 4.80. The molecule has 40 heavy (non-hydrogen) atoms. The second-order valence-electron chi connectivity index (χ2n) is 9.87. The lowest BCUT2D eigenvalue weighted by Crippen LogP contribution is -2.37. The van der Waals surface area contributed by atoms with Crippen LogP contribution < -0.4 is 5.32 Å². The molecule has 1 N–H and O–H groups in total. The number of rotatable bonds is 7. The van der Waals surface area contributed by atoms with Crippen LogP contribution in [0.25, 0.3) is 28.2 Å². The van der Waals surface area contributed by atoms with Crippen molar-refractivity contribution in [3.05, 3.63) is 89.8 Å². The van der Waals surface area contributed by atoms with Crippen molar-refractivity contribution in [2.75, 3.05) is 38.2 Å². The molecule has 0 radical (unpaired) electrons. The monoisotopic (exact) mass is 540 g/mol. The Balaban J connectivity index is 1.19. The van der Waals surface area contributed by atoms with E-state index in [0.717, 1.165) is 50.4 Å². The number of nitrogens with one attached hydrogen (secondary N) is 1. The van der Waals surface area contributed by atoms with E-state index in [0.29, 0.717) is 28.7 Å². The maximum atomic E-state index is 14.9. The number of anilines is 1. The molecule has 10 heteroatoms. The van der Waals surface area contributed by atoms with Crippen LogP contribution in [0.2, 0.25) is 0 Å². The van der Waals surface area contributed by atoms with E-state index in [9.17, 15) is 9.18 Å². The summed E-state index contributed by atoms with van der Waals surface area (Å²) in [5, 5.41) is 2.75. The van der Waals surface area contributed by atoms with Crippen molar-refractivity contribution < 1.29 is 18.3 Å². The Hall–Kier alpha value is -4.41. The molecule has 1 amide bonds. The van der Waals surface area contributed by atoms with Crippen LogP contribution in [0.15, 0.2) is 65.5 Å². The summed E-state index contributed by atoms with van der Waals surface area (Å²) in [6, 6.07) is 12.8. The minimum Gasteiger partial charge on any atom is -0.436 e. The molecule has 1 aliphatic rings. The number of aromatic nitrogens is 4. The Morgan fingerprint density at radius 2 is 1.82 bits per heavy atom. The second-order valence-corrected chi connectivity index (χ2v) is 9.87. The van der Waals surface area contributed by atoms with Crippen LogP contribution >= 0.6 is 0 Å². The third kappa shape index (κ3) is 5.49. The lowest BCUT2D eigenvalue weighted by Gasteiger charge is -2.26. The molecule has 2 aromatic carbocycles. The van der Waals surface area contributed by atoms with Crippen LogP contribution in [-0.2, 0) is 11.2 Å². The summed E-state index contributed by atoms with van der Waals surface area (Å²) in [6.07, 6.45) is 6.42. The number of aryl methyl sites for hydroxylation is 2. The first-order valence-corrected chi connectivity index (χ1v) is 13.2. The summed E-state index contributed by atoms with van der Waals surface area (Å²) in [6.45, 7) is 7.98. The SMILES string of the molecule is Cc1nc(C)c(C(=O)Nc2ccc(F)c(-c3cn4cc(-c5ccc(CCN6CCOCC6)cc5)cnc4n3)c2)o1. The zero-order valence-corrected chi connectivity index (χ0v) is 22.4. The topological polar surface area (TPSA) is 97.8 Å². The van der Waals surface area contributed by atoms with E-state index in [1.807, 2.05) is 6.20 Å². The van der Waals surface area contributed by atoms with E-state index in [1.54, 1.807) is 36.7 Å². The molecule has 204 valence electrons. The Labute approximate surface area is 230 Å². The molecule has 1 fully saturated rings. The van der Waals surface area contributed by atoms with Crippen molar-refractivity contribution in [1.82, 2.24) is 24.3 Å². The van der Waals surface area contributed by atoms with Gasteiger partial charge in [-0.15, -0.1) is 0 Å². The number of morpholine rings is 1. The molecule has 0 atom stereocenters. The van der Waals surface area contributed by atoms with Gasteiger partial charge in [-0.2, -0.15) is 0 Å². The second kappa shape index (κ2) is 11.0. The van der Waals surface area contributed by atoms with Crippen molar-refractivity contribution in [3.63, 3.8) is 0 Å². The third-order valence-electron chi connectivity index (χ3n) is 7.03. The number of benzene rings is 2. The van der Waals surface area contributed by atoms with E-state index in [2.05, 4.69) is 49.4 Å². The maximum Gasteiger partial charge on any atom is 0.293 e. The minimum absolute atomic E-state index is 0.123.